The van der Waals surface area contributed by atoms with Gasteiger partial charge in [-0.1, -0.05) is 18.2 Å². The van der Waals surface area contributed by atoms with Crippen LogP contribution < -0.4 is 10.6 Å². The fraction of sp³-hybridized carbons (Fsp3) is 0.143. The second kappa shape index (κ2) is 9.66. The van der Waals surface area contributed by atoms with Gasteiger partial charge in [-0.2, -0.15) is 0 Å². The van der Waals surface area contributed by atoms with E-state index >= 15 is 0 Å². The molecule has 7 heteroatoms. The highest BCUT2D eigenvalue weighted by atomic mass is 32.2. The van der Waals surface area contributed by atoms with Gasteiger partial charge in [-0.15, -0.1) is 11.8 Å². The van der Waals surface area contributed by atoms with Crippen molar-refractivity contribution in [3.63, 3.8) is 0 Å². The monoisotopic (exact) mass is 396 g/mol. The third-order valence-corrected chi connectivity index (χ3v) is 4.59. The van der Waals surface area contributed by atoms with Crippen LogP contribution in [0.25, 0.3) is 0 Å². The predicted molar refractivity (Wildman–Crippen MR) is 110 cm³/mol. The Bertz CT molecular complexity index is 941. The van der Waals surface area contributed by atoms with E-state index in [9.17, 15) is 9.59 Å². The second-order valence-electron chi connectivity index (χ2n) is 5.83. The van der Waals surface area contributed by atoms with Crippen molar-refractivity contribution in [1.82, 2.24) is 0 Å². The molecule has 1 amide bonds. The summed E-state index contributed by atoms with van der Waals surface area (Å²) >= 11 is 1.58. The van der Waals surface area contributed by atoms with Gasteiger partial charge in [-0.05, 0) is 48.7 Å². The molecule has 0 aliphatic carbocycles. The Morgan fingerprint density at radius 1 is 1.07 bits per heavy atom. The van der Waals surface area contributed by atoms with E-state index in [1.807, 2.05) is 36.6 Å². The number of hydrogen-bond donors (Lipinski definition) is 2. The molecule has 0 aliphatic rings. The van der Waals surface area contributed by atoms with E-state index in [0.29, 0.717) is 23.5 Å². The minimum Gasteiger partial charge on any atom is -0.467 e. The van der Waals surface area contributed by atoms with Gasteiger partial charge in [0.05, 0.1) is 18.4 Å². The zero-order valence-electron chi connectivity index (χ0n) is 15.3. The lowest BCUT2D eigenvalue weighted by Crippen LogP contribution is -2.21. The van der Waals surface area contributed by atoms with Crippen LogP contribution in [-0.2, 0) is 16.1 Å². The number of carbonyl (C=O) groups excluding carboxylic acids is 2. The molecule has 1 heterocycles. The van der Waals surface area contributed by atoms with Gasteiger partial charge in [0.1, 0.15) is 5.76 Å². The van der Waals surface area contributed by atoms with Gasteiger partial charge in [-0.3, -0.25) is 4.79 Å². The van der Waals surface area contributed by atoms with Crippen molar-refractivity contribution >= 4 is 35.0 Å². The van der Waals surface area contributed by atoms with Crippen LogP contribution in [0.3, 0.4) is 0 Å². The number of ether oxygens (including phenoxy) is 1. The maximum atomic E-state index is 12.4. The molecule has 6 nitrogen and oxygen atoms in total. The predicted octanol–water partition coefficient (Wildman–Crippen LogP) is 4.41. The average molecular weight is 396 g/mol. The Hall–Kier alpha value is -3.19. The van der Waals surface area contributed by atoms with Gasteiger partial charge in [0, 0.05) is 16.3 Å². The van der Waals surface area contributed by atoms with E-state index in [-0.39, 0.29) is 6.61 Å². The van der Waals surface area contributed by atoms with E-state index < -0.39 is 11.9 Å². The summed E-state index contributed by atoms with van der Waals surface area (Å²) in [4.78, 5) is 25.5. The van der Waals surface area contributed by atoms with Gasteiger partial charge in [0.15, 0.2) is 6.61 Å². The first-order valence-corrected chi connectivity index (χ1v) is 9.84. The largest absolute Gasteiger partial charge is 0.467 e. The van der Waals surface area contributed by atoms with Crippen molar-refractivity contribution < 1.29 is 18.7 Å². The fourth-order valence-corrected chi connectivity index (χ4v) is 2.98. The highest BCUT2D eigenvalue weighted by Gasteiger charge is 2.14. The summed E-state index contributed by atoms with van der Waals surface area (Å²) in [6, 6.07) is 18.1. The van der Waals surface area contributed by atoms with E-state index in [0.717, 1.165) is 10.7 Å². The topological polar surface area (TPSA) is 80.6 Å². The van der Waals surface area contributed by atoms with Crippen LogP contribution >= 0.6 is 11.8 Å². The number of thioether (sulfide) groups is 1. The number of benzene rings is 2. The van der Waals surface area contributed by atoms with Crippen molar-refractivity contribution in [2.24, 2.45) is 0 Å². The number of furan rings is 1. The van der Waals surface area contributed by atoms with Gasteiger partial charge >= 0.3 is 5.97 Å². The molecule has 0 saturated carbocycles. The van der Waals surface area contributed by atoms with Crippen molar-refractivity contribution in [3.05, 3.63) is 78.3 Å². The molecule has 0 spiro atoms. The highest BCUT2D eigenvalue weighted by Crippen LogP contribution is 2.19. The van der Waals surface area contributed by atoms with Crippen molar-refractivity contribution in [2.45, 2.75) is 11.4 Å². The Morgan fingerprint density at radius 2 is 1.93 bits per heavy atom. The maximum absolute atomic E-state index is 12.4. The summed E-state index contributed by atoms with van der Waals surface area (Å²) in [5, 5.41) is 5.86. The number of hydrogen-bond acceptors (Lipinski definition) is 6. The molecule has 0 aliphatic heterocycles. The summed E-state index contributed by atoms with van der Waals surface area (Å²) in [7, 11) is 0. The molecular formula is C21H20N2O4S. The zero-order chi connectivity index (χ0) is 19.8. The smallest absolute Gasteiger partial charge is 0.340 e. The van der Waals surface area contributed by atoms with Crippen LogP contribution in [-0.4, -0.2) is 24.7 Å². The molecular weight excluding hydrogens is 376 g/mol. The van der Waals surface area contributed by atoms with E-state index in [2.05, 4.69) is 10.6 Å². The quantitative estimate of drug-likeness (QED) is 0.434. The Kier molecular flexibility index (Phi) is 6.75. The number of anilines is 2. The number of amides is 1. The van der Waals surface area contributed by atoms with Gasteiger partial charge in [0.2, 0.25) is 0 Å². The number of esters is 1. The molecule has 0 saturated heterocycles. The van der Waals surface area contributed by atoms with E-state index in [4.69, 9.17) is 9.15 Å². The molecule has 1 aromatic heterocycles. The molecule has 0 unspecified atom stereocenters. The SMILES string of the molecule is CSc1cccc(NC(=O)COC(=O)c2ccccc2NCc2ccco2)c1. The van der Waals surface area contributed by atoms with Crippen LogP contribution in [0.15, 0.2) is 76.2 Å². The van der Waals surface area contributed by atoms with E-state index in [1.54, 1.807) is 48.4 Å². The normalized spacial score (nSPS) is 10.3. The molecule has 0 radical (unpaired) electrons. The summed E-state index contributed by atoms with van der Waals surface area (Å²) < 4.78 is 10.5. The Balaban J connectivity index is 1.56. The lowest BCUT2D eigenvalue weighted by molar-refractivity contribution is -0.119. The third kappa shape index (κ3) is 5.40. The van der Waals surface area contributed by atoms with Crippen molar-refractivity contribution in [2.75, 3.05) is 23.5 Å². The standard InChI is InChI=1S/C21H20N2O4S/c1-28-17-8-4-6-15(12-17)23-20(24)14-27-21(25)18-9-2-3-10-19(18)22-13-16-7-5-11-26-16/h2-12,22H,13-14H2,1H3,(H,23,24). The molecule has 0 atom stereocenters. The number of para-hydroxylation sites is 1. The van der Waals surface area contributed by atoms with Crippen molar-refractivity contribution in [3.8, 4) is 0 Å². The average Bonchev–Trinajstić information content (AvgIpc) is 3.24. The van der Waals surface area contributed by atoms with Crippen LogP contribution in [0, 0.1) is 0 Å². The fourth-order valence-electron chi connectivity index (χ4n) is 2.52. The zero-order valence-corrected chi connectivity index (χ0v) is 16.1. The van der Waals surface area contributed by atoms with Crippen LogP contribution in [0.1, 0.15) is 16.1 Å². The molecule has 144 valence electrons. The molecule has 2 aromatic carbocycles. The minimum absolute atomic E-state index is 0.353. The summed E-state index contributed by atoms with van der Waals surface area (Å²) in [6.07, 6.45) is 3.55. The maximum Gasteiger partial charge on any atom is 0.340 e. The molecule has 0 bridgehead atoms. The lowest BCUT2D eigenvalue weighted by atomic mass is 10.2. The summed E-state index contributed by atoms with van der Waals surface area (Å²) in [5.41, 5.74) is 1.62. The minimum atomic E-state index is -0.574. The van der Waals surface area contributed by atoms with Crippen LogP contribution in [0.2, 0.25) is 0 Å². The number of carbonyl (C=O) groups is 2. The first kappa shape index (κ1) is 19.6. The molecule has 28 heavy (non-hydrogen) atoms. The molecule has 3 aromatic rings. The van der Waals surface area contributed by atoms with Gasteiger partial charge in [-0.25, -0.2) is 4.79 Å². The third-order valence-electron chi connectivity index (χ3n) is 3.87. The highest BCUT2D eigenvalue weighted by molar-refractivity contribution is 7.98. The van der Waals surface area contributed by atoms with Gasteiger partial charge < -0.3 is 19.8 Å². The Labute approximate surface area is 167 Å². The Morgan fingerprint density at radius 3 is 2.71 bits per heavy atom. The number of nitrogens with one attached hydrogen (secondary N) is 2. The van der Waals surface area contributed by atoms with Gasteiger partial charge in [0.25, 0.3) is 5.91 Å². The van der Waals surface area contributed by atoms with Crippen LogP contribution in [0.5, 0.6) is 0 Å². The van der Waals surface area contributed by atoms with Crippen molar-refractivity contribution in [1.29, 1.82) is 0 Å². The summed E-state index contributed by atoms with van der Waals surface area (Å²) in [6.45, 7) is 0.0679. The summed E-state index contributed by atoms with van der Waals surface area (Å²) in [5.74, 6) is -0.224. The number of rotatable bonds is 8. The first-order chi connectivity index (χ1) is 13.7. The molecule has 3 rings (SSSR count). The molecule has 2 N–H and O–H groups in total. The van der Waals surface area contributed by atoms with E-state index in [1.165, 1.54) is 0 Å². The second-order valence-corrected chi connectivity index (χ2v) is 6.71. The lowest BCUT2D eigenvalue weighted by Gasteiger charge is -2.11. The molecule has 0 fully saturated rings. The first-order valence-electron chi connectivity index (χ1n) is 8.62. The van der Waals surface area contributed by atoms with Crippen LogP contribution in [0.4, 0.5) is 11.4 Å².